The van der Waals surface area contributed by atoms with Crippen LogP contribution in [0.5, 0.6) is 0 Å². The summed E-state index contributed by atoms with van der Waals surface area (Å²) in [5, 5.41) is 9.93. The van der Waals surface area contributed by atoms with Gasteiger partial charge in [0.15, 0.2) is 5.65 Å². The lowest BCUT2D eigenvalue weighted by molar-refractivity contribution is 0.275. The van der Waals surface area contributed by atoms with E-state index in [1.807, 2.05) is 13.8 Å². The molecule has 2 N–H and O–H groups in total. The van der Waals surface area contributed by atoms with Gasteiger partial charge in [-0.25, -0.2) is 27.0 Å². The van der Waals surface area contributed by atoms with E-state index < -0.39 is 10.0 Å². The lowest BCUT2D eigenvalue weighted by Crippen LogP contribution is -2.27. The zero-order valence-corrected chi connectivity index (χ0v) is 15.7. The van der Waals surface area contributed by atoms with Gasteiger partial charge in [-0.05, 0) is 32.0 Å². The number of hydrogen-bond acceptors (Lipinski definition) is 6. The van der Waals surface area contributed by atoms with Crippen molar-refractivity contribution < 1.29 is 13.5 Å². The molecule has 0 amide bonds. The van der Waals surface area contributed by atoms with Crippen LogP contribution in [0.25, 0.3) is 22.1 Å². The highest BCUT2D eigenvalue weighted by atomic mass is 32.2. The van der Waals surface area contributed by atoms with Crippen LogP contribution in [-0.2, 0) is 10.0 Å². The second kappa shape index (κ2) is 6.36. The second-order valence-corrected chi connectivity index (χ2v) is 8.30. The van der Waals surface area contributed by atoms with Gasteiger partial charge in [-0.1, -0.05) is 17.7 Å². The molecular formula is C18H19N5O3S. The molecule has 1 atom stereocenters. The van der Waals surface area contributed by atoms with Crippen molar-refractivity contribution in [1.82, 2.24) is 18.6 Å². The summed E-state index contributed by atoms with van der Waals surface area (Å²) in [6.07, 6.45) is 4.63. The smallest absolute Gasteiger partial charge is 0.269 e. The minimum atomic E-state index is -3.77. The number of aliphatic hydroxyl groups excluding tert-OH is 1. The summed E-state index contributed by atoms with van der Waals surface area (Å²) in [5.41, 5.74) is 5.75. The average molecular weight is 385 g/mol. The van der Waals surface area contributed by atoms with Crippen molar-refractivity contribution in [2.24, 2.45) is 0 Å². The van der Waals surface area contributed by atoms with Crippen LogP contribution in [0.4, 0.5) is 0 Å². The van der Waals surface area contributed by atoms with E-state index in [0.717, 1.165) is 5.56 Å². The molecule has 8 nitrogen and oxygen atoms in total. The third-order valence-electron chi connectivity index (χ3n) is 4.40. The highest BCUT2D eigenvalue weighted by molar-refractivity contribution is 7.90. The fourth-order valence-electron chi connectivity index (χ4n) is 2.96. The Morgan fingerprint density at radius 1 is 1.19 bits per heavy atom. The van der Waals surface area contributed by atoms with Gasteiger partial charge in [-0.2, -0.15) is 0 Å². The molecular weight excluding hydrogens is 366 g/mol. The molecule has 0 aliphatic carbocycles. The number of benzene rings is 1. The van der Waals surface area contributed by atoms with Crippen molar-refractivity contribution in [1.29, 1.82) is 0 Å². The molecule has 4 rings (SSSR count). The van der Waals surface area contributed by atoms with Gasteiger partial charge in [0.1, 0.15) is 17.4 Å². The van der Waals surface area contributed by atoms with E-state index in [1.54, 1.807) is 47.5 Å². The zero-order chi connectivity index (χ0) is 19.2. The molecule has 3 aromatic heterocycles. The zero-order valence-electron chi connectivity index (χ0n) is 14.9. The van der Waals surface area contributed by atoms with Gasteiger partial charge < -0.3 is 10.5 Å². The van der Waals surface area contributed by atoms with E-state index in [-0.39, 0.29) is 17.5 Å². The van der Waals surface area contributed by atoms with E-state index in [9.17, 15) is 13.5 Å². The molecule has 0 fully saturated rings. The van der Waals surface area contributed by atoms with Gasteiger partial charge in [-0.3, -0.25) is 0 Å². The molecule has 0 aliphatic heterocycles. The van der Waals surface area contributed by atoms with Gasteiger partial charge >= 0.3 is 0 Å². The van der Waals surface area contributed by atoms with Crippen LogP contribution >= 0.6 is 0 Å². The summed E-state index contributed by atoms with van der Waals surface area (Å²) < 4.78 is 29.0. The predicted molar refractivity (Wildman–Crippen MR) is 103 cm³/mol. The number of aliphatic hydroxyl groups is 1. The Morgan fingerprint density at radius 2 is 1.93 bits per heavy atom. The van der Waals surface area contributed by atoms with Crippen molar-refractivity contribution in [2.75, 3.05) is 12.0 Å². The first-order valence-corrected chi connectivity index (χ1v) is 9.88. The quantitative estimate of drug-likeness (QED) is 0.544. The summed E-state index contributed by atoms with van der Waals surface area (Å²) in [4.78, 5) is 8.82. The summed E-state index contributed by atoms with van der Waals surface area (Å²) >= 11 is 0. The molecule has 140 valence electrons. The Balaban J connectivity index is 1.90. The fraction of sp³-hybridized carbons (Fsp3) is 0.222. The number of nitrogens with one attached hydrogen (secondary N) is 1. The van der Waals surface area contributed by atoms with Crippen molar-refractivity contribution in [3.8, 4) is 0 Å². The number of nitrogens with zero attached hydrogens (tertiary/aromatic N) is 4. The third-order valence-corrected chi connectivity index (χ3v) is 6.08. The predicted octanol–water partition coefficient (Wildman–Crippen LogP) is 1.86. The molecule has 9 heteroatoms. The number of rotatable bonds is 5. The number of imidazole rings is 1. The standard InChI is InChI=1S/C18H19N5O3S/c1-12-3-5-14(6-4-12)27(25,26)23-8-7-15-17-16(9-19-18(15)23)20-11-22(17)21-13(2)10-24/h3-9,11,13,21,24H,10H2,1-2H3. The van der Waals surface area contributed by atoms with E-state index >= 15 is 0 Å². The van der Waals surface area contributed by atoms with Crippen molar-refractivity contribution in [3.05, 3.63) is 54.6 Å². The first kappa shape index (κ1) is 17.5. The lowest BCUT2D eigenvalue weighted by atomic mass is 10.2. The number of aromatic nitrogens is 4. The normalized spacial score (nSPS) is 13.3. The van der Waals surface area contributed by atoms with Gasteiger partial charge in [0.2, 0.25) is 0 Å². The fourth-order valence-corrected chi connectivity index (χ4v) is 4.26. The minimum absolute atomic E-state index is 0.0449. The number of hydrogen-bond donors (Lipinski definition) is 2. The molecule has 0 aliphatic rings. The van der Waals surface area contributed by atoms with Crippen LogP contribution in [0, 0.1) is 6.92 Å². The van der Waals surface area contributed by atoms with Gasteiger partial charge in [0, 0.05) is 11.6 Å². The largest absolute Gasteiger partial charge is 0.394 e. The number of fused-ring (bicyclic) bond motifs is 3. The number of aryl methyl sites for hydroxylation is 1. The van der Waals surface area contributed by atoms with Crippen LogP contribution in [0.1, 0.15) is 12.5 Å². The highest BCUT2D eigenvalue weighted by Gasteiger charge is 2.21. The van der Waals surface area contributed by atoms with Crippen LogP contribution in [0.3, 0.4) is 0 Å². The number of pyridine rings is 1. The SMILES string of the molecule is Cc1ccc(S(=O)(=O)n2ccc3c4c(cnc32)ncn4NC(C)CO)cc1. The minimum Gasteiger partial charge on any atom is -0.394 e. The van der Waals surface area contributed by atoms with E-state index in [2.05, 4.69) is 15.4 Å². The average Bonchev–Trinajstić information content (AvgIpc) is 3.26. The van der Waals surface area contributed by atoms with Crippen LogP contribution in [0.2, 0.25) is 0 Å². The van der Waals surface area contributed by atoms with Crippen molar-refractivity contribution in [2.45, 2.75) is 24.8 Å². The molecule has 0 spiro atoms. The second-order valence-electron chi connectivity index (χ2n) is 6.49. The van der Waals surface area contributed by atoms with Crippen molar-refractivity contribution in [3.63, 3.8) is 0 Å². The Labute approximate surface area is 156 Å². The third kappa shape index (κ3) is 2.84. The summed E-state index contributed by atoms with van der Waals surface area (Å²) in [6.45, 7) is 3.69. The maximum atomic E-state index is 13.1. The molecule has 0 radical (unpaired) electrons. The van der Waals surface area contributed by atoms with Crippen LogP contribution < -0.4 is 5.43 Å². The Morgan fingerprint density at radius 3 is 2.63 bits per heavy atom. The van der Waals surface area contributed by atoms with E-state index in [1.165, 1.54) is 10.2 Å². The monoisotopic (exact) mass is 385 g/mol. The van der Waals surface area contributed by atoms with E-state index in [0.29, 0.717) is 22.1 Å². The molecule has 0 saturated carbocycles. The van der Waals surface area contributed by atoms with Gasteiger partial charge in [0.25, 0.3) is 10.0 Å². The summed E-state index contributed by atoms with van der Waals surface area (Å²) in [6, 6.07) is 8.22. The first-order valence-electron chi connectivity index (χ1n) is 8.44. The topological polar surface area (TPSA) is 102 Å². The molecule has 1 unspecified atom stereocenters. The molecule has 4 aromatic rings. The Bertz CT molecular complexity index is 1230. The Hall–Kier alpha value is -2.91. The molecule has 0 bridgehead atoms. The van der Waals surface area contributed by atoms with Crippen LogP contribution in [-0.4, -0.2) is 44.8 Å². The maximum absolute atomic E-state index is 13.1. The summed E-state index contributed by atoms with van der Waals surface area (Å²) in [7, 11) is -3.77. The maximum Gasteiger partial charge on any atom is 0.269 e. The van der Waals surface area contributed by atoms with Gasteiger partial charge in [-0.15, -0.1) is 0 Å². The highest BCUT2D eigenvalue weighted by Crippen LogP contribution is 2.26. The first-order chi connectivity index (χ1) is 12.9. The van der Waals surface area contributed by atoms with Gasteiger partial charge in [0.05, 0.1) is 23.7 Å². The molecule has 0 saturated heterocycles. The molecule has 3 heterocycles. The Kier molecular flexibility index (Phi) is 4.12. The van der Waals surface area contributed by atoms with E-state index in [4.69, 9.17) is 0 Å². The van der Waals surface area contributed by atoms with Crippen molar-refractivity contribution >= 4 is 32.1 Å². The molecule has 1 aromatic carbocycles. The lowest BCUT2D eigenvalue weighted by Gasteiger charge is -2.14. The summed E-state index contributed by atoms with van der Waals surface area (Å²) in [5.74, 6) is 0. The molecule has 27 heavy (non-hydrogen) atoms. The van der Waals surface area contributed by atoms with Crippen LogP contribution in [0.15, 0.2) is 53.9 Å².